The van der Waals surface area contributed by atoms with Gasteiger partial charge in [0.15, 0.2) is 0 Å². The number of nitrogens with zero attached hydrogens (tertiary/aromatic N) is 4. The van der Waals surface area contributed by atoms with Crippen molar-refractivity contribution in [3.63, 3.8) is 0 Å². The minimum Gasteiger partial charge on any atom is -0.344 e. The number of hydrogen-bond donors (Lipinski definition) is 2. The van der Waals surface area contributed by atoms with E-state index in [1.165, 1.54) is 12.1 Å². The average molecular weight is 499 g/mol. The molecule has 1 atom stereocenters. The van der Waals surface area contributed by atoms with Crippen LogP contribution in [0.15, 0.2) is 79.5 Å². The molecule has 5 rings (SSSR count). The van der Waals surface area contributed by atoms with Crippen molar-refractivity contribution in [3.8, 4) is 22.4 Å². The summed E-state index contributed by atoms with van der Waals surface area (Å²) < 4.78 is 16.8. The maximum atomic E-state index is 14.9. The van der Waals surface area contributed by atoms with Gasteiger partial charge in [0.1, 0.15) is 11.5 Å². The molecule has 4 heterocycles. The van der Waals surface area contributed by atoms with Crippen LogP contribution in [0.3, 0.4) is 0 Å². The molecule has 0 bridgehead atoms. The van der Waals surface area contributed by atoms with Gasteiger partial charge in [0.25, 0.3) is 5.91 Å². The Morgan fingerprint density at radius 1 is 1.03 bits per heavy atom. The molecule has 0 saturated heterocycles. The van der Waals surface area contributed by atoms with E-state index in [0.717, 1.165) is 22.5 Å². The summed E-state index contributed by atoms with van der Waals surface area (Å²) in [4.78, 5) is 21.3. The van der Waals surface area contributed by atoms with Crippen LogP contribution in [0.2, 0.25) is 0 Å². The number of carbonyl (C=O) groups is 1. The Bertz CT molecular complexity index is 1410. The number of imidazole rings is 1. The van der Waals surface area contributed by atoms with Crippen LogP contribution in [0.4, 0.5) is 4.39 Å². The van der Waals surface area contributed by atoms with Crippen LogP contribution in [-0.2, 0) is 0 Å². The highest BCUT2D eigenvalue weighted by molar-refractivity contribution is 5.95. The fourth-order valence-corrected chi connectivity index (χ4v) is 3.61. The molecule has 0 spiro atoms. The predicted molar refractivity (Wildman–Crippen MR) is 133 cm³/mol. The van der Waals surface area contributed by atoms with Crippen molar-refractivity contribution in [1.29, 1.82) is 0 Å². The van der Waals surface area contributed by atoms with Crippen molar-refractivity contribution in [3.05, 3.63) is 96.6 Å². The number of amides is 1. The Morgan fingerprint density at radius 3 is 2.56 bits per heavy atom. The summed E-state index contributed by atoms with van der Waals surface area (Å²) in [6.45, 7) is 1.81. The molecule has 5 aromatic rings. The molecular formula is C24H21Cl2FN6O. The number of hydrogen-bond acceptors (Lipinski definition) is 4. The van der Waals surface area contributed by atoms with Crippen molar-refractivity contribution in [2.24, 2.45) is 0 Å². The van der Waals surface area contributed by atoms with Gasteiger partial charge < -0.3 is 5.32 Å². The number of nitrogens with one attached hydrogen (secondary N) is 2. The first-order valence-electron chi connectivity index (χ1n) is 10.1. The van der Waals surface area contributed by atoms with Gasteiger partial charge in [0, 0.05) is 35.3 Å². The van der Waals surface area contributed by atoms with E-state index in [1.54, 1.807) is 36.9 Å². The summed E-state index contributed by atoms with van der Waals surface area (Å²) in [7, 11) is 0. The maximum Gasteiger partial charge on any atom is 0.254 e. The van der Waals surface area contributed by atoms with Gasteiger partial charge in [-0.05, 0) is 43.3 Å². The summed E-state index contributed by atoms with van der Waals surface area (Å²) in [6.07, 6.45) is 8.80. The highest BCUT2D eigenvalue weighted by Gasteiger charge is 2.17. The molecular weight excluding hydrogens is 478 g/mol. The second-order valence-electron chi connectivity index (χ2n) is 7.42. The number of carbonyl (C=O) groups excluding carboxylic acids is 1. The number of fused-ring (bicyclic) bond motifs is 1. The molecule has 0 aliphatic carbocycles. The molecule has 0 aliphatic rings. The number of H-pyrrole nitrogens is 1. The van der Waals surface area contributed by atoms with Crippen molar-refractivity contribution in [2.45, 2.75) is 13.0 Å². The molecule has 7 nitrogen and oxygen atoms in total. The summed E-state index contributed by atoms with van der Waals surface area (Å²) in [5, 5.41) is 9.57. The molecule has 1 unspecified atom stereocenters. The quantitative estimate of drug-likeness (QED) is 0.345. The summed E-state index contributed by atoms with van der Waals surface area (Å²) in [5.74, 6) is -1.10. The molecule has 0 fully saturated rings. The molecule has 0 aliphatic heterocycles. The predicted octanol–water partition coefficient (Wildman–Crippen LogP) is 5.26. The lowest BCUT2D eigenvalue weighted by Crippen LogP contribution is -2.28. The SMILES string of the molecule is CC(NC(=O)c1ccc(-c2cnc3ccc(-c4cn[nH]c4)cn23)cc1F)c1ccccn1.Cl.Cl. The van der Waals surface area contributed by atoms with Crippen LogP contribution in [-0.4, -0.2) is 30.5 Å². The zero-order valence-electron chi connectivity index (χ0n) is 18.0. The number of aromatic nitrogens is 5. The first kappa shape index (κ1) is 24.9. The smallest absolute Gasteiger partial charge is 0.254 e. The summed E-state index contributed by atoms with van der Waals surface area (Å²) in [5.41, 5.74) is 4.64. The molecule has 174 valence electrons. The lowest BCUT2D eigenvalue weighted by molar-refractivity contribution is 0.0935. The third-order valence-electron chi connectivity index (χ3n) is 5.33. The van der Waals surface area contributed by atoms with Crippen molar-refractivity contribution in [1.82, 2.24) is 29.9 Å². The Kier molecular flexibility index (Phi) is 7.65. The number of benzene rings is 1. The fraction of sp³-hybridized carbons (Fsp3) is 0.0833. The molecule has 34 heavy (non-hydrogen) atoms. The van der Waals surface area contributed by atoms with E-state index in [9.17, 15) is 9.18 Å². The van der Waals surface area contributed by atoms with Gasteiger partial charge in [0.05, 0.1) is 35.4 Å². The maximum absolute atomic E-state index is 14.9. The molecule has 1 amide bonds. The van der Waals surface area contributed by atoms with E-state index in [0.29, 0.717) is 11.3 Å². The summed E-state index contributed by atoms with van der Waals surface area (Å²) in [6, 6.07) is 13.5. The van der Waals surface area contributed by atoms with Crippen LogP contribution in [0.1, 0.15) is 29.0 Å². The lowest BCUT2D eigenvalue weighted by Gasteiger charge is -2.14. The molecule has 1 aromatic carbocycles. The van der Waals surface area contributed by atoms with E-state index >= 15 is 0 Å². The Labute approximate surface area is 207 Å². The fourth-order valence-electron chi connectivity index (χ4n) is 3.61. The van der Waals surface area contributed by atoms with Crippen molar-refractivity contribution < 1.29 is 9.18 Å². The number of rotatable bonds is 5. The average Bonchev–Trinajstić information content (AvgIpc) is 3.49. The standard InChI is InChI=1S/C24H19FN6O.2ClH/c1-15(21-4-2-3-9-26-21)30-24(32)19-7-5-16(10-20(19)25)22-13-27-23-8-6-17(14-31(22)23)18-11-28-29-12-18;;/h2-15H,1H3,(H,28,29)(H,30,32);2*1H. The summed E-state index contributed by atoms with van der Waals surface area (Å²) >= 11 is 0. The van der Waals surface area contributed by atoms with Gasteiger partial charge in [-0.15, -0.1) is 24.8 Å². The largest absolute Gasteiger partial charge is 0.344 e. The zero-order chi connectivity index (χ0) is 22.1. The van der Waals surface area contributed by atoms with E-state index in [1.807, 2.05) is 41.8 Å². The molecule has 4 aromatic heterocycles. The second-order valence-corrected chi connectivity index (χ2v) is 7.42. The normalized spacial score (nSPS) is 11.4. The van der Waals surface area contributed by atoms with Crippen molar-refractivity contribution in [2.75, 3.05) is 0 Å². The molecule has 10 heteroatoms. The highest BCUT2D eigenvalue weighted by Crippen LogP contribution is 2.26. The van der Waals surface area contributed by atoms with Crippen LogP contribution >= 0.6 is 24.8 Å². The molecule has 0 saturated carbocycles. The molecule has 2 N–H and O–H groups in total. The topological polar surface area (TPSA) is 88.0 Å². The number of pyridine rings is 2. The van der Waals surface area contributed by atoms with E-state index in [4.69, 9.17) is 0 Å². The highest BCUT2D eigenvalue weighted by atomic mass is 35.5. The van der Waals surface area contributed by atoms with Crippen LogP contribution in [0.25, 0.3) is 28.0 Å². The Morgan fingerprint density at radius 2 is 1.85 bits per heavy atom. The number of aromatic amines is 1. The van der Waals surface area contributed by atoms with E-state index in [-0.39, 0.29) is 36.4 Å². The minimum atomic E-state index is -0.603. The minimum absolute atomic E-state index is 0. The van der Waals surface area contributed by atoms with Gasteiger partial charge in [-0.3, -0.25) is 19.3 Å². The Balaban J connectivity index is 0.00000162. The Hall–Kier alpha value is -3.75. The number of halogens is 3. The van der Waals surface area contributed by atoms with Crippen LogP contribution < -0.4 is 5.32 Å². The van der Waals surface area contributed by atoms with E-state index < -0.39 is 11.7 Å². The van der Waals surface area contributed by atoms with E-state index in [2.05, 4.69) is 25.5 Å². The van der Waals surface area contributed by atoms with Gasteiger partial charge in [-0.1, -0.05) is 12.1 Å². The van der Waals surface area contributed by atoms with Gasteiger partial charge in [0.2, 0.25) is 0 Å². The molecule has 0 radical (unpaired) electrons. The lowest BCUT2D eigenvalue weighted by atomic mass is 10.1. The van der Waals surface area contributed by atoms with Crippen molar-refractivity contribution >= 4 is 36.4 Å². The van der Waals surface area contributed by atoms with Crippen LogP contribution in [0.5, 0.6) is 0 Å². The first-order chi connectivity index (χ1) is 15.6. The monoisotopic (exact) mass is 498 g/mol. The van der Waals surface area contributed by atoms with Gasteiger partial charge in [-0.2, -0.15) is 5.10 Å². The zero-order valence-corrected chi connectivity index (χ0v) is 19.6. The van der Waals surface area contributed by atoms with Gasteiger partial charge in [-0.25, -0.2) is 9.37 Å². The second kappa shape index (κ2) is 10.5. The van der Waals surface area contributed by atoms with Crippen LogP contribution in [0, 0.1) is 5.82 Å². The third kappa shape index (κ3) is 4.78. The van der Waals surface area contributed by atoms with Gasteiger partial charge >= 0.3 is 0 Å². The first-order valence-corrected chi connectivity index (χ1v) is 10.1. The third-order valence-corrected chi connectivity index (χ3v) is 5.33.